The van der Waals surface area contributed by atoms with Crippen molar-refractivity contribution in [1.29, 1.82) is 0 Å². The molecule has 0 aromatic carbocycles. The molecule has 1 heterocycles. The molecule has 25 heavy (non-hydrogen) atoms. The quantitative estimate of drug-likeness (QED) is 0.296. The highest BCUT2D eigenvalue weighted by atomic mass is 16.7. The van der Waals surface area contributed by atoms with Gasteiger partial charge >= 0.3 is 0 Å². The zero-order valence-electron chi connectivity index (χ0n) is 15.4. The minimum Gasteiger partial charge on any atom is -0.394 e. The van der Waals surface area contributed by atoms with Gasteiger partial charge in [0.2, 0.25) is 0 Å². The monoisotopic (exact) mass is 360 g/mol. The lowest BCUT2D eigenvalue weighted by Crippen LogP contribution is -2.59. The van der Waals surface area contributed by atoms with Gasteiger partial charge in [-0.25, -0.2) is 0 Å². The van der Waals surface area contributed by atoms with Gasteiger partial charge in [-0.1, -0.05) is 64.0 Å². The Morgan fingerprint density at radius 3 is 2.12 bits per heavy atom. The van der Waals surface area contributed by atoms with Gasteiger partial charge in [0, 0.05) is 0 Å². The van der Waals surface area contributed by atoms with Crippen LogP contribution in [0.15, 0.2) is 12.2 Å². The lowest BCUT2D eigenvalue weighted by atomic mass is 9.99. The van der Waals surface area contributed by atoms with E-state index in [1.807, 2.05) is 12.2 Å². The number of unbranched alkanes of at least 4 members (excludes halogenated alkanes) is 8. The van der Waals surface area contributed by atoms with Crippen molar-refractivity contribution in [2.75, 3.05) is 13.2 Å². The summed E-state index contributed by atoms with van der Waals surface area (Å²) in [5.74, 6) is 0. The Morgan fingerprint density at radius 2 is 1.48 bits per heavy atom. The van der Waals surface area contributed by atoms with Gasteiger partial charge in [-0.05, 0) is 12.8 Å². The van der Waals surface area contributed by atoms with Crippen molar-refractivity contribution >= 4 is 0 Å². The van der Waals surface area contributed by atoms with Crippen molar-refractivity contribution in [2.24, 2.45) is 0 Å². The van der Waals surface area contributed by atoms with Gasteiger partial charge in [-0.2, -0.15) is 0 Å². The molecule has 0 radical (unpaired) electrons. The van der Waals surface area contributed by atoms with Crippen molar-refractivity contribution in [3.05, 3.63) is 12.2 Å². The fourth-order valence-corrected chi connectivity index (χ4v) is 2.94. The predicted molar refractivity (Wildman–Crippen MR) is 96.1 cm³/mol. The maximum atomic E-state index is 9.83. The maximum absolute atomic E-state index is 9.83. The standard InChI is InChI=1S/C19H36O6/c1-2-3-4-5-6-7-8-9-10-11-12-13-24-19-18(23)17(22)16(21)15(14-20)25-19/h11-12,15-23H,2-10,13-14H2,1H3/b12-11+/t15-,16+,17+,18-,19+/m1/s1. The molecule has 0 aliphatic carbocycles. The molecule has 1 saturated heterocycles. The summed E-state index contributed by atoms with van der Waals surface area (Å²) in [7, 11) is 0. The first-order chi connectivity index (χ1) is 12.1. The van der Waals surface area contributed by atoms with Gasteiger partial charge < -0.3 is 29.9 Å². The van der Waals surface area contributed by atoms with E-state index in [0.717, 1.165) is 12.8 Å². The zero-order valence-corrected chi connectivity index (χ0v) is 15.4. The number of aliphatic hydroxyl groups excluding tert-OH is 4. The average Bonchev–Trinajstić information content (AvgIpc) is 2.62. The summed E-state index contributed by atoms with van der Waals surface area (Å²) in [5.41, 5.74) is 0. The topological polar surface area (TPSA) is 99.4 Å². The summed E-state index contributed by atoms with van der Waals surface area (Å²) < 4.78 is 10.7. The largest absolute Gasteiger partial charge is 0.394 e. The molecule has 5 atom stereocenters. The number of allylic oxidation sites excluding steroid dienone is 1. The Labute approximate surface area is 151 Å². The Balaban J connectivity index is 2.07. The highest BCUT2D eigenvalue weighted by Crippen LogP contribution is 2.21. The molecule has 0 saturated carbocycles. The molecule has 1 fully saturated rings. The Hall–Kier alpha value is -0.500. The van der Waals surface area contributed by atoms with E-state index in [4.69, 9.17) is 14.6 Å². The van der Waals surface area contributed by atoms with E-state index < -0.39 is 37.3 Å². The van der Waals surface area contributed by atoms with Crippen molar-refractivity contribution in [1.82, 2.24) is 0 Å². The van der Waals surface area contributed by atoms with Gasteiger partial charge in [0.1, 0.15) is 24.4 Å². The lowest BCUT2D eigenvalue weighted by Gasteiger charge is -2.39. The van der Waals surface area contributed by atoms with E-state index in [2.05, 4.69) is 6.92 Å². The minimum atomic E-state index is -1.39. The van der Waals surface area contributed by atoms with Crippen LogP contribution in [0.5, 0.6) is 0 Å². The van der Waals surface area contributed by atoms with E-state index in [-0.39, 0.29) is 6.61 Å². The average molecular weight is 360 g/mol. The Kier molecular flexibility index (Phi) is 12.3. The molecule has 1 rings (SSSR count). The van der Waals surface area contributed by atoms with Crippen molar-refractivity contribution in [3.8, 4) is 0 Å². The van der Waals surface area contributed by atoms with E-state index >= 15 is 0 Å². The summed E-state index contributed by atoms with van der Waals surface area (Å²) >= 11 is 0. The SMILES string of the molecule is CCCCCCCCCC/C=C/CO[C@H]1O[C@H](CO)[C@H](O)[C@H](O)[C@H]1O. The second-order valence-electron chi connectivity index (χ2n) is 6.77. The summed E-state index contributed by atoms with van der Waals surface area (Å²) in [6, 6.07) is 0. The number of ether oxygens (including phenoxy) is 2. The zero-order chi connectivity index (χ0) is 18.5. The fourth-order valence-electron chi connectivity index (χ4n) is 2.94. The molecule has 6 heteroatoms. The van der Waals surface area contributed by atoms with Gasteiger partial charge in [-0.15, -0.1) is 0 Å². The second-order valence-corrected chi connectivity index (χ2v) is 6.77. The van der Waals surface area contributed by atoms with Gasteiger partial charge in [-0.3, -0.25) is 0 Å². The first-order valence-electron chi connectivity index (χ1n) is 9.69. The highest BCUT2D eigenvalue weighted by molar-refractivity contribution is 4.89. The second kappa shape index (κ2) is 13.7. The molecule has 0 unspecified atom stereocenters. The highest BCUT2D eigenvalue weighted by Gasteiger charge is 2.43. The van der Waals surface area contributed by atoms with Crippen LogP contribution in [0.2, 0.25) is 0 Å². The first-order valence-corrected chi connectivity index (χ1v) is 9.69. The fraction of sp³-hybridized carbons (Fsp3) is 0.895. The van der Waals surface area contributed by atoms with Gasteiger partial charge in [0.25, 0.3) is 0 Å². The first kappa shape index (κ1) is 22.5. The summed E-state index contributed by atoms with van der Waals surface area (Å²) in [5, 5.41) is 38.3. The molecule has 0 bridgehead atoms. The molecule has 0 amide bonds. The van der Waals surface area contributed by atoms with Gasteiger partial charge in [0.05, 0.1) is 13.2 Å². The van der Waals surface area contributed by atoms with Crippen LogP contribution < -0.4 is 0 Å². The third-order valence-electron chi connectivity index (χ3n) is 4.60. The van der Waals surface area contributed by atoms with Crippen molar-refractivity contribution in [2.45, 2.75) is 95.4 Å². The summed E-state index contributed by atoms with van der Waals surface area (Å²) in [6.07, 6.45) is 9.19. The molecular formula is C19H36O6. The smallest absolute Gasteiger partial charge is 0.187 e. The molecule has 1 aliphatic heterocycles. The number of aliphatic hydroxyl groups is 4. The van der Waals surface area contributed by atoms with Crippen LogP contribution in [0.3, 0.4) is 0 Å². The van der Waals surface area contributed by atoms with Crippen LogP contribution in [-0.4, -0.2) is 64.3 Å². The van der Waals surface area contributed by atoms with Crippen LogP contribution in [0.4, 0.5) is 0 Å². The normalized spacial score (nSPS) is 30.2. The summed E-state index contributed by atoms with van der Waals surface area (Å²) in [4.78, 5) is 0. The van der Waals surface area contributed by atoms with Crippen molar-refractivity contribution < 1.29 is 29.9 Å². The molecule has 0 spiro atoms. The van der Waals surface area contributed by atoms with Crippen LogP contribution in [0, 0.1) is 0 Å². The molecule has 148 valence electrons. The number of hydrogen-bond acceptors (Lipinski definition) is 6. The molecular weight excluding hydrogens is 324 g/mol. The van der Waals surface area contributed by atoms with E-state index in [1.54, 1.807) is 0 Å². The molecule has 1 aliphatic rings. The molecule has 4 N–H and O–H groups in total. The van der Waals surface area contributed by atoms with E-state index in [1.165, 1.54) is 44.9 Å². The van der Waals surface area contributed by atoms with Crippen LogP contribution in [-0.2, 0) is 9.47 Å². The van der Waals surface area contributed by atoms with Crippen LogP contribution in [0.25, 0.3) is 0 Å². The minimum absolute atomic E-state index is 0.250. The third-order valence-corrected chi connectivity index (χ3v) is 4.60. The molecule has 0 aromatic rings. The van der Waals surface area contributed by atoms with Gasteiger partial charge in [0.15, 0.2) is 6.29 Å². The van der Waals surface area contributed by atoms with Crippen LogP contribution >= 0.6 is 0 Å². The molecule has 0 aromatic heterocycles. The molecule has 6 nitrogen and oxygen atoms in total. The van der Waals surface area contributed by atoms with Crippen molar-refractivity contribution in [3.63, 3.8) is 0 Å². The van der Waals surface area contributed by atoms with E-state index in [0.29, 0.717) is 0 Å². The Morgan fingerprint density at radius 1 is 0.840 bits per heavy atom. The van der Waals surface area contributed by atoms with E-state index in [9.17, 15) is 15.3 Å². The number of hydrogen-bond donors (Lipinski definition) is 4. The Bertz CT molecular complexity index is 347. The lowest BCUT2D eigenvalue weighted by molar-refractivity contribution is -0.298. The predicted octanol–water partition coefficient (Wildman–Crippen LogP) is 1.89. The third kappa shape index (κ3) is 8.62. The summed E-state index contributed by atoms with van der Waals surface area (Å²) in [6.45, 7) is 2.03. The van der Waals surface area contributed by atoms with Crippen LogP contribution in [0.1, 0.15) is 64.7 Å². The number of rotatable bonds is 13. The maximum Gasteiger partial charge on any atom is 0.187 e.